The van der Waals surface area contributed by atoms with E-state index in [2.05, 4.69) is 15.4 Å². The molecule has 1 aromatic heterocycles. The Morgan fingerprint density at radius 2 is 2.00 bits per heavy atom. The Hall–Kier alpha value is -2.06. The number of carboxylic acid groups (broad SMARTS) is 1. The zero-order chi connectivity index (χ0) is 19.2. The highest BCUT2D eigenvalue weighted by Crippen LogP contribution is 2.37. The molecule has 1 heterocycles. The molecule has 2 aromatic rings. The van der Waals surface area contributed by atoms with E-state index in [0.29, 0.717) is 6.42 Å². The van der Waals surface area contributed by atoms with Gasteiger partial charge in [0.25, 0.3) is 7.52 Å². The predicted octanol–water partition coefficient (Wildman–Crippen LogP) is 2.58. The van der Waals surface area contributed by atoms with E-state index in [9.17, 15) is 19.0 Å². The van der Waals surface area contributed by atoms with E-state index < -0.39 is 25.4 Å². The van der Waals surface area contributed by atoms with Gasteiger partial charge in [0.2, 0.25) is 5.91 Å². The number of nitrogens with one attached hydrogen (secondary N) is 2. The van der Waals surface area contributed by atoms with Crippen LogP contribution in [0.5, 0.6) is 0 Å². The Labute approximate surface area is 154 Å². The molecule has 1 unspecified atom stereocenters. The quantitative estimate of drug-likeness (QED) is 0.479. The van der Waals surface area contributed by atoms with Crippen LogP contribution in [-0.2, 0) is 15.8 Å². The summed E-state index contributed by atoms with van der Waals surface area (Å²) >= 11 is 0.975. The topological polar surface area (TPSA) is 129 Å². The van der Waals surface area contributed by atoms with Gasteiger partial charge in [0.05, 0.1) is 6.04 Å². The Bertz CT molecular complexity index is 811. The van der Waals surface area contributed by atoms with Gasteiger partial charge in [-0.3, -0.25) is 9.36 Å². The lowest BCUT2D eigenvalue weighted by molar-refractivity contribution is -0.117. The van der Waals surface area contributed by atoms with Crippen molar-refractivity contribution in [2.75, 3.05) is 11.5 Å². The van der Waals surface area contributed by atoms with Gasteiger partial charge in [-0.25, -0.2) is 14.9 Å². The molecule has 140 valence electrons. The summed E-state index contributed by atoms with van der Waals surface area (Å²) in [5.41, 5.74) is 0.652. The third-order valence-electron chi connectivity index (χ3n) is 3.44. The Morgan fingerprint density at radius 1 is 1.31 bits per heavy atom. The van der Waals surface area contributed by atoms with Gasteiger partial charge in [0.15, 0.2) is 10.8 Å². The van der Waals surface area contributed by atoms with Crippen molar-refractivity contribution >= 4 is 35.9 Å². The van der Waals surface area contributed by atoms with Gasteiger partial charge >= 0.3 is 5.97 Å². The number of thiazole rings is 1. The second-order valence-electron chi connectivity index (χ2n) is 5.63. The molecule has 0 aliphatic heterocycles. The van der Waals surface area contributed by atoms with Crippen LogP contribution in [0.3, 0.4) is 0 Å². The summed E-state index contributed by atoms with van der Waals surface area (Å²) in [4.78, 5) is 37.3. The summed E-state index contributed by atoms with van der Waals surface area (Å²) in [5.74, 6) is -1.74. The van der Waals surface area contributed by atoms with Crippen molar-refractivity contribution in [3.05, 3.63) is 47.0 Å². The number of carbonyl (C=O) groups is 2. The van der Waals surface area contributed by atoms with E-state index in [1.807, 2.05) is 30.3 Å². The monoisotopic (exact) mass is 397 g/mol. The number of anilines is 1. The van der Waals surface area contributed by atoms with Crippen molar-refractivity contribution in [3.63, 3.8) is 0 Å². The van der Waals surface area contributed by atoms with E-state index in [4.69, 9.17) is 5.11 Å². The fraction of sp³-hybridized carbons (Fsp3) is 0.312. The molecule has 1 aromatic carbocycles. The van der Waals surface area contributed by atoms with Crippen molar-refractivity contribution in [1.82, 2.24) is 10.1 Å². The van der Waals surface area contributed by atoms with E-state index in [-0.39, 0.29) is 23.4 Å². The van der Waals surface area contributed by atoms with Crippen molar-refractivity contribution in [1.29, 1.82) is 0 Å². The van der Waals surface area contributed by atoms with Gasteiger partial charge in [-0.15, -0.1) is 11.3 Å². The first-order valence-electron chi connectivity index (χ1n) is 7.94. The summed E-state index contributed by atoms with van der Waals surface area (Å²) in [7, 11) is -3.68. The standard InChI is InChI=1S/C16H20N3O5PS/c1-2-8-25(23,24)19-12(9-11-6-4-3-5-7-11)14(20)18-16-17-13(10-26-16)15(21)22/h3-7,10,12H,2,8-9H2,1H3,(H,21,22)(H,17,18,20)(H2,19,23,24)/t12-/m0/s1. The molecule has 0 aliphatic rings. The zero-order valence-corrected chi connectivity index (χ0v) is 15.8. The van der Waals surface area contributed by atoms with Crippen LogP contribution in [0.25, 0.3) is 0 Å². The van der Waals surface area contributed by atoms with E-state index in [1.54, 1.807) is 6.92 Å². The predicted molar refractivity (Wildman–Crippen MR) is 99.8 cm³/mol. The highest BCUT2D eigenvalue weighted by atomic mass is 32.1. The molecule has 4 N–H and O–H groups in total. The third-order valence-corrected chi connectivity index (χ3v) is 5.96. The summed E-state index contributed by atoms with van der Waals surface area (Å²) in [6, 6.07) is 8.13. The molecule has 0 radical (unpaired) electrons. The van der Waals surface area contributed by atoms with Gasteiger partial charge in [-0.05, 0) is 18.4 Å². The Balaban J connectivity index is 2.16. The molecule has 1 amide bonds. The van der Waals surface area contributed by atoms with Crippen LogP contribution in [0.4, 0.5) is 5.13 Å². The Kier molecular flexibility index (Phi) is 7.05. The zero-order valence-electron chi connectivity index (χ0n) is 14.1. The van der Waals surface area contributed by atoms with Gasteiger partial charge < -0.3 is 15.3 Å². The molecule has 2 rings (SSSR count). The number of nitrogens with zero attached hydrogens (tertiary/aromatic N) is 1. The number of aromatic nitrogens is 1. The lowest BCUT2D eigenvalue weighted by atomic mass is 10.1. The van der Waals surface area contributed by atoms with Gasteiger partial charge in [0, 0.05) is 11.5 Å². The summed E-state index contributed by atoms with van der Waals surface area (Å²) < 4.78 is 12.2. The average molecular weight is 397 g/mol. The normalized spacial score (nSPS) is 14.4. The molecule has 0 fully saturated rings. The second kappa shape index (κ2) is 9.05. The molecule has 2 atom stereocenters. The largest absolute Gasteiger partial charge is 0.476 e. The SMILES string of the molecule is CCCP(=O)(O)N[C@@H](Cc1ccccc1)C(=O)Nc1nc(C(=O)O)cs1. The van der Waals surface area contributed by atoms with Gasteiger partial charge in [0.1, 0.15) is 0 Å². The minimum absolute atomic E-state index is 0.0476. The molecule has 0 aliphatic carbocycles. The van der Waals surface area contributed by atoms with Crippen LogP contribution in [-0.4, -0.2) is 39.1 Å². The molecule has 0 spiro atoms. The van der Waals surface area contributed by atoms with Crippen molar-refractivity contribution < 1.29 is 24.2 Å². The minimum Gasteiger partial charge on any atom is -0.476 e. The Morgan fingerprint density at radius 3 is 2.58 bits per heavy atom. The summed E-state index contributed by atoms with van der Waals surface area (Å²) in [5, 5.41) is 15.4. The lowest BCUT2D eigenvalue weighted by Gasteiger charge is -2.21. The van der Waals surface area contributed by atoms with Crippen LogP contribution in [0.1, 0.15) is 29.4 Å². The molecule has 26 heavy (non-hydrogen) atoms. The van der Waals surface area contributed by atoms with E-state index in [1.165, 1.54) is 5.38 Å². The van der Waals surface area contributed by atoms with Crippen molar-refractivity contribution in [2.24, 2.45) is 0 Å². The third kappa shape index (κ3) is 6.03. The van der Waals surface area contributed by atoms with Crippen molar-refractivity contribution in [2.45, 2.75) is 25.8 Å². The number of hydrogen-bond acceptors (Lipinski definition) is 5. The highest BCUT2D eigenvalue weighted by molar-refractivity contribution is 7.55. The molecular formula is C16H20N3O5PS. The van der Waals surface area contributed by atoms with Crippen molar-refractivity contribution in [3.8, 4) is 0 Å². The number of aromatic carboxylic acids is 1. The minimum atomic E-state index is -3.68. The maximum atomic E-state index is 12.6. The lowest BCUT2D eigenvalue weighted by Crippen LogP contribution is -2.41. The smallest absolute Gasteiger partial charge is 0.355 e. The summed E-state index contributed by atoms with van der Waals surface area (Å²) in [6.45, 7) is 1.78. The molecule has 10 heteroatoms. The van der Waals surface area contributed by atoms with Crippen LogP contribution < -0.4 is 10.4 Å². The highest BCUT2D eigenvalue weighted by Gasteiger charge is 2.28. The number of carboxylic acids is 1. The fourth-order valence-corrected chi connectivity index (χ4v) is 4.40. The molecule has 8 nitrogen and oxygen atoms in total. The first-order chi connectivity index (χ1) is 12.3. The maximum Gasteiger partial charge on any atom is 0.355 e. The first-order valence-corrected chi connectivity index (χ1v) is 10.7. The van der Waals surface area contributed by atoms with Gasteiger partial charge in [-0.2, -0.15) is 0 Å². The number of hydrogen-bond donors (Lipinski definition) is 4. The molecule has 0 bridgehead atoms. The maximum absolute atomic E-state index is 12.6. The molecule has 0 saturated heterocycles. The van der Waals surface area contributed by atoms with Crippen LogP contribution in [0.15, 0.2) is 35.7 Å². The van der Waals surface area contributed by atoms with Crippen LogP contribution in [0, 0.1) is 0 Å². The van der Waals surface area contributed by atoms with Crippen LogP contribution in [0.2, 0.25) is 0 Å². The number of benzene rings is 1. The average Bonchev–Trinajstić information content (AvgIpc) is 3.03. The molecular weight excluding hydrogens is 377 g/mol. The van der Waals surface area contributed by atoms with Gasteiger partial charge in [-0.1, -0.05) is 37.3 Å². The molecule has 0 saturated carbocycles. The van der Waals surface area contributed by atoms with Crippen LogP contribution >= 0.6 is 18.9 Å². The van der Waals surface area contributed by atoms with E-state index in [0.717, 1.165) is 16.9 Å². The van der Waals surface area contributed by atoms with E-state index >= 15 is 0 Å². The summed E-state index contributed by atoms with van der Waals surface area (Å²) in [6.07, 6.45) is 0.749. The second-order valence-corrected chi connectivity index (χ2v) is 8.60. The number of carbonyl (C=O) groups excluding carboxylic acids is 1. The first kappa shape index (κ1) is 20.3. The fourth-order valence-electron chi connectivity index (χ4n) is 2.28. The number of rotatable bonds is 9. The number of amides is 1.